The van der Waals surface area contributed by atoms with Crippen molar-refractivity contribution in [1.82, 2.24) is 5.32 Å². The third-order valence-corrected chi connectivity index (χ3v) is 4.91. The number of nitrogens with zero attached hydrogens (tertiary/aromatic N) is 1. The number of rotatable bonds is 3. The van der Waals surface area contributed by atoms with Crippen molar-refractivity contribution < 1.29 is 5.11 Å². The zero-order valence-electron chi connectivity index (χ0n) is 11.7. The van der Waals surface area contributed by atoms with Crippen molar-refractivity contribution in [2.45, 2.75) is 19.1 Å². The van der Waals surface area contributed by atoms with Crippen LogP contribution in [0.4, 0.5) is 5.69 Å². The van der Waals surface area contributed by atoms with E-state index in [0.717, 1.165) is 10.5 Å². The Bertz CT molecular complexity index is 574. The van der Waals surface area contributed by atoms with E-state index in [1.54, 1.807) is 0 Å². The molecule has 0 saturated carbocycles. The molecule has 110 valence electrons. The van der Waals surface area contributed by atoms with E-state index in [2.05, 4.69) is 34.5 Å². The SMILES string of the molecule is OC1NC(=S)S/C1=C\C=C\c1ccc(N2CCCC2)cc1. The monoisotopic (exact) mass is 318 g/mol. The minimum absolute atomic E-state index is 0.622. The Hall–Kier alpha value is -1.30. The summed E-state index contributed by atoms with van der Waals surface area (Å²) in [5.74, 6) is 0. The van der Waals surface area contributed by atoms with Crippen molar-refractivity contribution in [1.29, 1.82) is 0 Å². The molecule has 0 bridgehead atoms. The number of benzene rings is 1. The second-order valence-corrected chi connectivity index (χ2v) is 6.90. The van der Waals surface area contributed by atoms with Crippen LogP contribution in [0.5, 0.6) is 0 Å². The summed E-state index contributed by atoms with van der Waals surface area (Å²) >= 11 is 6.41. The molecule has 1 atom stereocenters. The first kappa shape index (κ1) is 14.6. The van der Waals surface area contributed by atoms with E-state index in [1.165, 1.54) is 43.4 Å². The molecule has 0 amide bonds. The number of nitrogens with one attached hydrogen (secondary N) is 1. The third kappa shape index (κ3) is 3.67. The Balaban J connectivity index is 1.63. The summed E-state index contributed by atoms with van der Waals surface area (Å²) in [6.07, 6.45) is 7.82. The molecule has 2 saturated heterocycles. The van der Waals surface area contributed by atoms with Gasteiger partial charge in [-0.1, -0.05) is 48.3 Å². The molecular formula is C16H18N2OS2. The Labute approximate surface area is 134 Å². The van der Waals surface area contributed by atoms with E-state index in [9.17, 15) is 5.11 Å². The first-order valence-electron chi connectivity index (χ1n) is 7.12. The fourth-order valence-corrected chi connectivity index (χ4v) is 3.63. The summed E-state index contributed by atoms with van der Waals surface area (Å²) in [4.78, 5) is 3.26. The Morgan fingerprint density at radius 1 is 1.24 bits per heavy atom. The van der Waals surface area contributed by atoms with Gasteiger partial charge in [-0.3, -0.25) is 0 Å². The van der Waals surface area contributed by atoms with Crippen molar-refractivity contribution >= 4 is 40.1 Å². The number of allylic oxidation sites excluding steroid dienone is 2. The molecule has 0 spiro atoms. The summed E-state index contributed by atoms with van der Waals surface area (Å²) in [5.41, 5.74) is 2.46. The molecular weight excluding hydrogens is 300 g/mol. The van der Waals surface area contributed by atoms with E-state index in [0.29, 0.717) is 4.32 Å². The average molecular weight is 318 g/mol. The smallest absolute Gasteiger partial charge is 0.158 e. The topological polar surface area (TPSA) is 35.5 Å². The van der Waals surface area contributed by atoms with Gasteiger partial charge in [0.15, 0.2) is 6.23 Å². The highest BCUT2D eigenvalue weighted by Gasteiger charge is 2.21. The number of anilines is 1. The van der Waals surface area contributed by atoms with Gasteiger partial charge in [-0.25, -0.2) is 0 Å². The zero-order valence-corrected chi connectivity index (χ0v) is 13.3. The Kier molecular flexibility index (Phi) is 4.63. The average Bonchev–Trinajstić information content (AvgIpc) is 3.10. The second kappa shape index (κ2) is 6.64. The molecule has 2 fully saturated rings. The van der Waals surface area contributed by atoms with Gasteiger partial charge in [0.1, 0.15) is 4.32 Å². The van der Waals surface area contributed by atoms with Crippen LogP contribution < -0.4 is 10.2 Å². The van der Waals surface area contributed by atoms with Gasteiger partial charge in [-0.2, -0.15) is 0 Å². The molecule has 1 aromatic carbocycles. The van der Waals surface area contributed by atoms with Crippen LogP contribution in [0.2, 0.25) is 0 Å². The predicted octanol–water partition coefficient (Wildman–Crippen LogP) is 3.12. The quantitative estimate of drug-likeness (QED) is 0.837. The van der Waals surface area contributed by atoms with E-state index < -0.39 is 6.23 Å². The minimum Gasteiger partial charge on any atom is -0.372 e. The molecule has 2 aliphatic rings. The lowest BCUT2D eigenvalue weighted by Gasteiger charge is -2.17. The number of thioether (sulfide) groups is 1. The van der Waals surface area contributed by atoms with Crippen LogP contribution in [0.25, 0.3) is 6.08 Å². The summed E-state index contributed by atoms with van der Waals surface area (Å²) < 4.78 is 0.622. The fourth-order valence-electron chi connectivity index (χ4n) is 2.53. The van der Waals surface area contributed by atoms with Gasteiger partial charge < -0.3 is 15.3 Å². The molecule has 5 heteroatoms. The van der Waals surface area contributed by atoms with Gasteiger partial charge in [0.25, 0.3) is 0 Å². The molecule has 1 aromatic rings. The molecule has 2 heterocycles. The summed E-state index contributed by atoms with van der Waals surface area (Å²) in [7, 11) is 0. The van der Waals surface area contributed by atoms with Crippen LogP contribution in [0.1, 0.15) is 18.4 Å². The van der Waals surface area contributed by atoms with Crippen LogP contribution in [0, 0.1) is 0 Å². The summed E-state index contributed by atoms with van der Waals surface area (Å²) in [6.45, 7) is 2.34. The largest absolute Gasteiger partial charge is 0.372 e. The van der Waals surface area contributed by atoms with Crippen LogP contribution in [0.3, 0.4) is 0 Å². The molecule has 0 aliphatic carbocycles. The maximum absolute atomic E-state index is 9.69. The molecule has 0 aromatic heterocycles. The van der Waals surface area contributed by atoms with E-state index in [4.69, 9.17) is 12.2 Å². The normalized spacial score (nSPS) is 24.2. The lowest BCUT2D eigenvalue weighted by molar-refractivity contribution is 0.210. The van der Waals surface area contributed by atoms with Crippen molar-refractivity contribution in [2.75, 3.05) is 18.0 Å². The minimum atomic E-state index is -0.662. The fraction of sp³-hybridized carbons (Fsp3) is 0.312. The number of aliphatic hydroxyl groups is 1. The molecule has 3 nitrogen and oxygen atoms in total. The van der Waals surface area contributed by atoms with Gasteiger partial charge in [0.05, 0.1) is 0 Å². The lowest BCUT2D eigenvalue weighted by atomic mass is 10.2. The number of hydrogen-bond acceptors (Lipinski definition) is 4. The molecule has 2 aliphatic heterocycles. The summed E-state index contributed by atoms with van der Waals surface area (Å²) in [6, 6.07) is 8.61. The van der Waals surface area contributed by atoms with E-state index in [-0.39, 0.29) is 0 Å². The van der Waals surface area contributed by atoms with Gasteiger partial charge in [0.2, 0.25) is 0 Å². The van der Waals surface area contributed by atoms with Gasteiger partial charge in [0, 0.05) is 23.7 Å². The van der Waals surface area contributed by atoms with Crippen molar-refractivity contribution in [3.63, 3.8) is 0 Å². The van der Waals surface area contributed by atoms with Crippen LogP contribution >= 0.6 is 24.0 Å². The molecule has 0 radical (unpaired) electrons. The highest BCUT2D eigenvalue weighted by Crippen LogP contribution is 2.26. The maximum Gasteiger partial charge on any atom is 0.158 e. The van der Waals surface area contributed by atoms with Crippen molar-refractivity contribution in [3.05, 3.63) is 46.9 Å². The molecule has 2 N–H and O–H groups in total. The Morgan fingerprint density at radius 2 is 1.95 bits per heavy atom. The first-order valence-corrected chi connectivity index (χ1v) is 8.34. The highest BCUT2D eigenvalue weighted by atomic mass is 32.2. The van der Waals surface area contributed by atoms with E-state index in [1.807, 2.05) is 18.2 Å². The maximum atomic E-state index is 9.69. The van der Waals surface area contributed by atoms with Crippen molar-refractivity contribution in [3.8, 4) is 0 Å². The zero-order chi connectivity index (χ0) is 14.7. The predicted molar refractivity (Wildman–Crippen MR) is 94.3 cm³/mol. The van der Waals surface area contributed by atoms with Gasteiger partial charge in [-0.15, -0.1) is 0 Å². The van der Waals surface area contributed by atoms with Gasteiger partial charge in [-0.05, 0) is 36.6 Å². The van der Waals surface area contributed by atoms with Gasteiger partial charge >= 0.3 is 0 Å². The standard InChI is InChI=1S/C16H18N2OS2/c19-15-14(21-16(20)17-15)5-3-4-12-6-8-13(9-7-12)18-10-1-2-11-18/h3-9,15,19H,1-2,10-11H2,(H,17,20)/b4-3+,14-5-. The molecule has 1 unspecified atom stereocenters. The number of aliphatic hydroxyl groups excluding tert-OH is 1. The molecule has 21 heavy (non-hydrogen) atoms. The van der Waals surface area contributed by atoms with Crippen LogP contribution in [-0.2, 0) is 0 Å². The van der Waals surface area contributed by atoms with E-state index >= 15 is 0 Å². The molecule has 3 rings (SSSR count). The van der Waals surface area contributed by atoms with Crippen LogP contribution in [-0.4, -0.2) is 28.7 Å². The highest BCUT2D eigenvalue weighted by molar-refractivity contribution is 8.25. The Morgan fingerprint density at radius 3 is 2.57 bits per heavy atom. The second-order valence-electron chi connectivity index (χ2n) is 5.15. The van der Waals surface area contributed by atoms with Crippen LogP contribution in [0.15, 0.2) is 41.3 Å². The first-order chi connectivity index (χ1) is 10.2. The lowest BCUT2D eigenvalue weighted by Crippen LogP contribution is -2.23. The summed E-state index contributed by atoms with van der Waals surface area (Å²) in [5, 5.41) is 12.5. The number of hydrogen-bond donors (Lipinski definition) is 2. The van der Waals surface area contributed by atoms with Crippen molar-refractivity contribution in [2.24, 2.45) is 0 Å². The third-order valence-electron chi connectivity index (χ3n) is 3.65. The number of thiocarbonyl (C=S) groups is 1.